The number of nitrogens with one attached hydrogen (secondary N) is 1. The van der Waals surface area contributed by atoms with Crippen LogP contribution in [-0.4, -0.2) is 43.8 Å². The summed E-state index contributed by atoms with van der Waals surface area (Å²) in [5.41, 5.74) is 0.268. The zero-order valence-corrected chi connectivity index (χ0v) is 16.6. The fourth-order valence-electron chi connectivity index (χ4n) is 3.13. The molecule has 0 aliphatic carbocycles. The lowest BCUT2D eigenvalue weighted by Crippen LogP contribution is -2.35. The smallest absolute Gasteiger partial charge is 0.269 e. The van der Waals surface area contributed by atoms with Gasteiger partial charge in [-0.15, -0.1) is 0 Å². The van der Waals surface area contributed by atoms with Crippen molar-refractivity contribution in [1.29, 1.82) is 0 Å². The van der Waals surface area contributed by atoms with Crippen molar-refractivity contribution in [2.45, 2.75) is 24.2 Å². The fraction of sp³-hybridized carbons (Fsp3) is 0.316. The average molecular weight is 419 g/mol. The third-order valence-corrected chi connectivity index (χ3v) is 6.61. The summed E-state index contributed by atoms with van der Waals surface area (Å²) >= 11 is 0. The van der Waals surface area contributed by atoms with Crippen LogP contribution >= 0.6 is 0 Å². The molecule has 2 aromatic carbocycles. The summed E-state index contributed by atoms with van der Waals surface area (Å²) in [6.07, 6.45) is 2.64. The number of nitro groups is 1. The number of piperidine rings is 1. The summed E-state index contributed by atoms with van der Waals surface area (Å²) in [6, 6.07) is 9.41. The van der Waals surface area contributed by atoms with E-state index in [1.165, 1.54) is 53.9 Å². The predicted octanol–water partition coefficient (Wildman–Crippen LogP) is 3.03. The lowest BCUT2D eigenvalue weighted by atomic mass is 10.2. The van der Waals surface area contributed by atoms with E-state index in [0.717, 1.165) is 19.3 Å². The van der Waals surface area contributed by atoms with Crippen LogP contribution in [0.2, 0.25) is 0 Å². The number of amides is 1. The average Bonchev–Trinajstić information content (AvgIpc) is 2.74. The van der Waals surface area contributed by atoms with Crippen molar-refractivity contribution in [3.8, 4) is 5.75 Å². The van der Waals surface area contributed by atoms with Gasteiger partial charge in [0, 0.05) is 30.8 Å². The molecule has 1 N–H and O–H groups in total. The normalized spacial score (nSPS) is 14.9. The highest BCUT2D eigenvalue weighted by atomic mass is 32.2. The Bertz CT molecular complexity index is 1010. The van der Waals surface area contributed by atoms with Gasteiger partial charge in [0.05, 0.1) is 22.6 Å². The maximum Gasteiger partial charge on any atom is 0.269 e. The molecule has 1 heterocycles. The Morgan fingerprint density at radius 2 is 1.76 bits per heavy atom. The summed E-state index contributed by atoms with van der Waals surface area (Å²) in [6.45, 7) is 0.942. The predicted molar refractivity (Wildman–Crippen MR) is 107 cm³/mol. The SMILES string of the molecule is COc1ccc(S(=O)(=O)N2CCCCC2)cc1NC(=O)c1ccc([N+](=O)[O-])cc1. The van der Waals surface area contributed by atoms with Crippen LogP contribution in [0.25, 0.3) is 0 Å². The summed E-state index contributed by atoms with van der Waals surface area (Å²) in [5, 5.41) is 13.4. The number of hydrogen-bond donors (Lipinski definition) is 1. The Morgan fingerprint density at radius 3 is 2.34 bits per heavy atom. The monoisotopic (exact) mass is 419 g/mol. The third kappa shape index (κ3) is 4.54. The van der Waals surface area contributed by atoms with Gasteiger partial charge in [-0.1, -0.05) is 6.42 Å². The summed E-state index contributed by atoms with van der Waals surface area (Å²) < 4.78 is 32.5. The van der Waals surface area contributed by atoms with Crippen LogP contribution in [0.1, 0.15) is 29.6 Å². The minimum atomic E-state index is -3.67. The van der Waals surface area contributed by atoms with Crippen LogP contribution in [0.15, 0.2) is 47.4 Å². The van der Waals surface area contributed by atoms with E-state index in [2.05, 4.69) is 5.32 Å². The van der Waals surface area contributed by atoms with Gasteiger partial charge in [-0.25, -0.2) is 8.42 Å². The second-order valence-electron chi connectivity index (χ2n) is 6.58. The molecule has 1 aliphatic heterocycles. The minimum absolute atomic E-state index is 0.0687. The summed E-state index contributed by atoms with van der Waals surface area (Å²) in [7, 11) is -2.26. The number of rotatable bonds is 6. The molecule has 2 aromatic rings. The van der Waals surface area contributed by atoms with Gasteiger partial charge in [0.2, 0.25) is 10.0 Å². The van der Waals surface area contributed by atoms with Crippen molar-refractivity contribution in [3.05, 3.63) is 58.1 Å². The number of carbonyl (C=O) groups excluding carboxylic acids is 1. The van der Waals surface area contributed by atoms with E-state index in [9.17, 15) is 23.3 Å². The first-order valence-electron chi connectivity index (χ1n) is 9.07. The van der Waals surface area contributed by atoms with E-state index in [-0.39, 0.29) is 21.8 Å². The van der Waals surface area contributed by atoms with Crippen LogP contribution in [-0.2, 0) is 10.0 Å². The lowest BCUT2D eigenvalue weighted by Gasteiger charge is -2.26. The van der Waals surface area contributed by atoms with Crippen molar-refractivity contribution >= 4 is 27.3 Å². The number of benzene rings is 2. The molecule has 154 valence electrons. The van der Waals surface area contributed by atoms with Crippen molar-refractivity contribution in [2.75, 3.05) is 25.5 Å². The zero-order chi connectivity index (χ0) is 21.0. The van der Waals surface area contributed by atoms with Gasteiger partial charge < -0.3 is 10.1 Å². The molecular formula is C19H21N3O6S. The van der Waals surface area contributed by atoms with Gasteiger partial charge in [0.1, 0.15) is 5.75 Å². The first-order valence-corrected chi connectivity index (χ1v) is 10.5. The first-order chi connectivity index (χ1) is 13.8. The van der Waals surface area contributed by atoms with Crippen molar-refractivity contribution in [1.82, 2.24) is 4.31 Å². The number of sulfonamides is 1. The minimum Gasteiger partial charge on any atom is -0.495 e. The van der Waals surface area contributed by atoms with Gasteiger partial charge in [0.15, 0.2) is 0 Å². The summed E-state index contributed by atoms with van der Waals surface area (Å²) in [4.78, 5) is 22.8. The highest BCUT2D eigenvalue weighted by molar-refractivity contribution is 7.89. The fourth-order valence-corrected chi connectivity index (χ4v) is 4.67. The van der Waals surface area contributed by atoms with E-state index in [1.807, 2.05) is 0 Å². The third-order valence-electron chi connectivity index (χ3n) is 4.71. The number of nitrogens with zero attached hydrogens (tertiary/aromatic N) is 2. The number of non-ortho nitro benzene ring substituents is 1. The molecule has 0 bridgehead atoms. The van der Waals surface area contributed by atoms with Gasteiger partial charge in [-0.2, -0.15) is 4.31 Å². The molecule has 10 heteroatoms. The van der Waals surface area contributed by atoms with Gasteiger partial charge in [-0.3, -0.25) is 14.9 Å². The Morgan fingerprint density at radius 1 is 1.10 bits per heavy atom. The number of hydrogen-bond acceptors (Lipinski definition) is 6. The molecular weight excluding hydrogens is 398 g/mol. The number of ether oxygens (including phenoxy) is 1. The molecule has 3 rings (SSSR count). The standard InChI is InChI=1S/C19H21N3O6S/c1-28-18-10-9-16(29(26,27)21-11-3-2-4-12-21)13-17(18)20-19(23)14-5-7-15(8-6-14)22(24)25/h5-10,13H,2-4,11-12H2,1H3,(H,20,23). The van der Waals surface area contributed by atoms with Crippen molar-refractivity contribution in [2.24, 2.45) is 0 Å². The van der Waals surface area contributed by atoms with Crippen molar-refractivity contribution < 1.29 is 22.9 Å². The molecule has 0 atom stereocenters. The number of methoxy groups -OCH3 is 1. The molecule has 0 unspecified atom stereocenters. The van der Waals surface area contributed by atoms with E-state index in [1.54, 1.807) is 0 Å². The summed E-state index contributed by atoms with van der Waals surface area (Å²) in [5.74, 6) is -0.233. The molecule has 29 heavy (non-hydrogen) atoms. The number of carbonyl (C=O) groups is 1. The van der Waals surface area contributed by atoms with E-state index in [4.69, 9.17) is 4.74 Å². The van der Waals surface area contributed by atoms with Crippen LogP contribution in [0, 0.1) is 10.1 Å². The molecule has 1 fully saturated rings. The highest BCUT2D eigenvalue weighted by Gasteiger charge is 2.27. The molecule has 9 nitrogen and oxygen atoms in total. The van der Waals surface area contributed by atoms with E-state index in [0.29, 0.717) is 18.8 Å². The maximum absolute atomic E-state index is 12.9. The van der Waals surface area contributed by atoms with Crippen LogP contribution in [0.4, 0.5) is 11.4 Å². The van der Waals surface area contributed by atoms with Crippen LogP contribution in [0.5, 0.6) is 5.75 Å². The number of anilines is 1. The highest BCUT2D eigenvalue weighted by Crippen LogP contribution is 2.30. The first kappa shape index (κ1) is 20.7. The van der Waals surface area contributed by atoms with Crippen molar-refractivity contribution in [3.63, 3.8) is 0 Å². The molecule has 1 amide bonds. The molecule has 1 aliphatic rings. The molecule has 0 aromatic heterocycles. The molecule has 0 saturated carbocycles. The number of nitro benzene ring substituents is 1. The Balaban J connectivity index is 1.87. The second-order valence-corrected chi connectivity index (χ2v) is 8.52. The topological polar surface area (TPSA) is 119 Å². The van der Waals surface area contributed by atoms with Gasteiger partial charge >= 0.3 is 0 Å². The zero-order valence-electron chi connectivity index (χ0n) is 15.8. The molecule has 0 spiro atoms. The second kappa shape index (κ2) is 8.58. The molecule has 1 saturated heterocycles. The van der Waals surface area contributed by atoms with Gasteiger partial charge in [-0.05, 0) is 43.2 Å². The lowest BCUT2D eigenvalue weighted by molar-refractivity contribution is -0.384. The Labute approximate surface area is 168 Å². The Kier molecular flexibility index (Phi) is 6.14. The van der Waals surface area contributed by atoms with E-state index >= 15 is 0 Å². The Hall–Kier alpha value is -2.98. The van der Waals surface area contributed by atoms with Crippen LogP contribution < -0.4 is 10.1 Å². The van der Waals surface area contributed by atoms with Gasteiger partial charge in [0.25, 0.3) is 11.6 Å². The maximum atomic E-state index is 12.9. The van der Waals surface area contributed by atoms with Crippen LogP contribution in [0.3, 0.4) is 0 Å². The molecule has 0 radical (unpaired) electrons. The van der Waals surface area contributed by atoms with E-state index < -0.39 is 20.9 Å². The largest absolute Gasteiger partial charge is 0.495 e. The quantitative estimate of drug-likeness (QED) is 0.568.